The number of fused-ring (bicyclic) bond motifs is 2. The van der Waals surface area contributed by atoms with E-state index in [0.717, 1.165) is 16.5 Å². The van der Waals surface area contributed by atoms with Crippen molar-refractivity contribution in [2.45, 2.75) is 0 Å². The first-order valence-corrected chi connectivity index (χ1v) is 8.52. The predicted molar refractivity (Wildman–Crippen MR) is 101 cm³/mol. The molecule has 0 N–H and O–H groups in total. The third-order valence-corrected chi connectivity index (χ3v) is 5.30. The van der Waals surface area contributed by atoms with E-state index in [1.54, 1.807) is 11.3 Å². The smallest absolute Gasteiger partial charge is 0.338 e. The quantitative estimate of drug-likeness (QED) is 0.310. The zero-order valence-electron chi connectivity index (χ0n) is 13.5. The van der Waals surface area contributed by atoms with Gasteiger partial charge < -0.3 is 17.1 Å². The number of carbonyl (C=O) groups is 1. The molecule has 0 fully saturated rings. The highest BCUT2D eigenvalue weighted by Crippen LogP contribution is 2.36. The van der Waals surface area contributed by atoms with Crippen LogP contribution >= 0.6 is 11.3 Å². The van der Waals surface area contributed by atoms with Gasteiger partial charge in [0.2, 0.25) is 20.7 Å². The van der Waals surface area contributed by atoms with E-state index in [9.17, 15) is 4.79 Å². The fourth-order valence-corrected chi connectivity index (χ4v) is 4.04. The van der Waals surface area contributed by atoms with Crippen LogP contribution in [0, 0.1) is 0 Å². The molecule has 0 aliphatic rings. The molecule has 1 aromatic heterocycles. The predicted octanol–water partition coefficient (Wildman–Crippen LogP) is 2.79. The molecule has 0 atom stereocenters. The van der Waals surface area contributed by atoms with Gasteiger partial charge in [0.25, 0.3) is 0 Å². The van der Waals surface area contributed by atoms with Crippen LogP contribution in [0.2, 0.25) is 0 Å². The summed E-state index contributed by atoms with van der Waals surface area (Å²) >= 11 is 1.76. The molecule has 0 spiro atoms. The number of halogens is 1. The summed E-state index contributed by atoms with van der Waals surface area (Å²) in [4.78, 5) is 12.1. The standard InChI is InChI=1S/C21H15O2S.ClH/c1-23-21(22)17-9-4-3-8-15(17)16-10-6-12-20-18(16)13-14-7-2-5-11-19(14)24-20;/h2-13H,1H3;1H/q+1;/p-1. The molecule has 0 bridgehead atoms. The fraction of sp³-hybridized carbons (Fsp3) is 0.0476. The highest BCUT2D eigenvalue weighted by atomic mass is 35.5. The van der Waals surface area contributed by atoms with E-state index >= 15 is 0 Å². The van der Waals surface area contributed by atoms with Crippen molar-refractivity contribution in [3.8, 4) is 11.1 Å². The van der Waals surface area contributed by atoms with Crippen LogP contribution in [0.25, 0.3) is 31.3 Å². The van der Waals surface area contributed by atoms with E-state index < -0.39 is 0 Å². The van der Waals surface area contributed by atoms with E-state index in [-0.39, 0.29) is 18.4 Å². The Morgan fingerprint density at radius 1 is 0.840 bits per heavy atom. The van der Waals surface area contributed by atoms with Gasteiger partial charge in [0.15, 0.2) is 0 Å². The van der Waals surface area contributed by atoms with Gasteiger partial charge in [0.1, 0.15) is 0 Å². The zero-order valence-corrected chi connectivity index (χ0v) is 15.1. The number of carbonyl (C=O) groups excluding carboxylic acids is 1. The Balaban J connectivity index is 0.00000182. The van der Waals surface area contributed by atoms with Crippen molar-refractivity contribution in [1.82, 2.24) is 0 Å². The molecule has 3 aromatic carbocycles. The molecule has 0 radical (unpaired) electrons. The van der Waals surface area contributed by atoms with Crippen molar-refractivity contribution in [3.63, 3.8) is 0 Å². The van der Waals surface area contributed by atoms with Gasteiger partial charge in [-0.05, 0) is 29.3 Å². The second-order valence-corrected chi connectivity index (χ2v) is 6.62. The Morgan fingerprint density at radius 2 is 1.52 bits per heavy atom. The molecule has 0 aliphatic carbocycles. The van der Waals surface area contributed by atoms with Crippen LogP contribution in [-0.4, -0.2) is 13.1 Å². The van der Waals surface area contributed by atoms with Gasteiger partial charge in [-0.2, -0.15) is 0 Å². The van der Waals surface area contributed by atoms with Crippen LogP contribution in [0.15, 0.2) is 72.8 Å². The SMILES string of the molecule is COC(=O)c1ccccc1-c1cccc2[s+]c3ccccc3cc12.[Cl-]. The molecule has 4 heteroatoms. The van der Waals surface area contributed by atoms with Crippen LogP contribution in [0.1, 0.15) is 10.4 Å². The van der Waals surface area contributed by atoms with Crippen molar-refractivity contribution < 1.29 is 21.9 Å². The molecule has 1 heterocycles. The molecule has 4 aromatic rings. The summed E-state index contributed by atoms with van der Waals surface area (Å²) in [6.45, 7) is 0. The second kappa shape index (κ2) is 7.18. The number of rotatable bonds is 2. The minimum atomic E-state index is -0.313. The molecular weight excluding hydrogens is 352 g/mol. The van der Waals surface area contributed by atoms with E-state index in [4.69, 9.17) is 4.74 Å². The van der Waals surface area contributed by atoms with Crippen molar-refractivity contribution in [1.29, 1.82) is 0 Å². The zero-order chi connectivity index (χ0) is 16.5. The lowest BCUT2D eigenvalue weighted by molar-refractivity contribution is -0.0000192. The summed E-state index contributed by atoms with van der Waals surface area (Å²) in [7, 11) is 1.41. The van der Waals surface area contributed by atoms with Gasteiger partial charge >= 0.3 is 5.97 Å². The van der Waals surface area contributed by atoms with Gasteiger partial charge in [-0.15, -0.1) is 0 Å². The highest BCUT2D eigenvalue weighted by molar-refractivity contribution is 7.24. The number of ether oxygens (including phenoxy) is 1. The van der Waals surface area contributed by atoms with Gasteiger partial charge in [-0.1, -0.05) is 42.5 Å². The van der Waals surface area contributed by atoms with E-state index in [0.29, 0.717) is 5.56 Å². The molecule has 4 rings (SSSR count). The highest BCUT2D eigenvalue weighted by Gasteiger charge is 2.18. The first-order valence-electron chi connectivity index (χ1n) is 7.70. The molecule has 2 nitrogen and oxygen atoms in total. The van der Waals surface area contributed by atoms with Gasteiger partial charge in [0, 0.05) is 22.9 Å². The van der Waals surface area contributed by atoms with Crippen LogP contribution in [-0.2, 0) is 4.74 Å². The Hall–Kier alpha value is -2.49. The number of hydrogen-bond acceptors (Lipinski definition) is 2. The summed E-state index contributed by atoms with van der Waals surface area (Å²) in [5.41, 5.74) is 2.54. The van der Waals surface area contributed by atoms with Crippen molar-refractivity contribution in [2.24, 2.45) is 0 Å². The van der Waals surface area contributed by atoms with Gasteiger partial charge in [0.05, 0.1) is 12.7 Å². The Bertz CT molecular complexity index is 1080. The lowest BCUT2D eigenvalue weighted by Crippen LogP contribution is -3.00. The molecular formula is C21H15ClO2S. The second-order valence-electron chi connectivity index (χ2n) is 5.54. The summed E-state index contributed by atoms with van der Waals surface area (Å²) in [6.07, 6.45) is 0. The molecule has 0 unspecified atom stereocenters. The molecule has 0 aliphatic heterocycles. The molecule has 0 amide bonds. The first kappa shape index (κ1) is 17.3. The van der Waals surface area contributed by atoms with E-state index in [1.807, 2.05) is 36.4 Å². The Kier molecular flexibility index (Phi) is 4.98. The van der Waals surface area contributed by atoms with Gasteiger partial charge in [-0.3, -0.25) is 0 Å². The minimum Gasteiger partial charge on any atom is -1.00 e. The minimum absolute atomic E-state index is 0. The molecule has 0 saturated carbocycles. The number of esters is 1. The Morgan fingerprint density at radius 3 is 2.36 bits per heavy atom. The van der Waals surface area contributed by atoms with Crippen LogP contribution in [0.5, 0.6) is 0 Å². The largest absolute Gasteiger partial charge is 1.00 e. The maximum Gasteiger partial charge on any atom is 0.338 e. The van der Waals surface area contributed by atoms with Crippen LogP contribution in [0.4, 0.5) is 0 Å². The van der Waals surface area contributed by atoms with Crippen molar-refractivity contribution in [2.75, 3.05) is 7.11 Å². The summed E-state index contributed by atoms with van der Waals surface area (Å²) in [5.74, 6) is -0.313. The third-order valence-electron chi connectivity index (χ3n) is 4.13. The number of benzene rings is 3. The average molecular weight is 367 g/mol. The maximum atomic E-state index is 12.1. The summed E-state index contributed by atoms with van der Waals surface area (Å²) in [6, 6.07) is 24.4. The average Bonchev–Trinajstić information content (AvgIpc) is 2.65. The molecule has 0 saturated heterocycles. The number of hydrogen-bond donors (Lipinski definition) is 0. The summed E-state index contributed by atoms with van der Waals surface area (Å²) < 4.78 is 7.40. The monoisotopic (exact) mass is 366 g/mol. The number of methoxy groups -OCH3 is 1. The van der Waals surface area contributed by atoms with E-state index in [1.165, 1.54) is 21.9 Å². The van der Waals surface area contributed by atoms with Crippen LogP contribution < -0.4 is 12.4 Å². The lowest BCUT2D eigenvalue weighted by Gasteiger charge is -2.09. The summed E-state index contributed by atoms with van der Waals surface area (Å²) in [5, 5.41) is 2.36. The lowest BCUT2D eigenvalue weighted by atomic mass is 9.96. The normalized spacial score (nSPS) is 10.4. The molecule has 25 heavy (non-hydrogen) atoms. The first-order chi connectivity index (χ1) is 11.8. The van der Waals surface area contributed by atoms with Crippen molar-refractivity contribution >= 4 is 37.5 Å². The Labute approximate surface area is 156 Å². The van der Waals surface area contributed by atoms with Crippen molar-refractivity contribution in [3.05, 3.63) is 78.4 Å². The molecule has 124 valence electrons. The van der Waals surface area contributed by atoms with Gasteiger partial charge in [-0.25, -0.2) is 4.79 Å². The fourth-order valence-electron chi connectivity index (χ4n) is 2.99. The van der Waals surface area contributed by atoms with Crippen LogP contribution in [0.3, 0.4) is 0 Å². The third kappa shape index (κ3) is 3.09. The topological polar surface area (TPSA) is 26.3 Å². The van der Waals surface area contributed by atoms with E-state index in [2.05, 4.69) is 36.4 Å². The maximum absolute atomic E-state index is 12.1.